The molecule has 0 amide bonds. The average molecular weight is 276 g/mol. The molecule has 0 aliphatic rings. The average Bonchev–Trinajstić information content (AvgIpc) is 1.85. The largest absolute Gasteiger partial charge is 2.00 e. The van der Waals surface area contributed by atoms with E-state index >= 15 is 0 Å². The van der Waals surface area contributed by atoms with Gasteiger partial charge in [0.1, 0.15) is 0 Å². The van der Waals surface area contributed by atoms with E-state index in [0.29, 0.717) is 0 Å². The van der Waals surface area contributed by atoms with Gasteiger partial charge in [0.05, 0.1) is 0 Å². The second-order valence-corrected chi connectivity index (χ2v) is 2.44. The third-order valence-electron chi connectivity index (χ3n) is 0.500. The number of thiocarbonyl (C=S) groups is 2. The van der Waals surface area contributed by atoms with E-state index in [-0.39, 0.29) is 19.5 Å². The van der Waals surface area contributed by atoms with Crippen LogP contribution in [0.15, 0.2) is 0 Å². The first kappa shape index (κ1) is 23.1. The van der Waals surface area contributed by atoms with Crippen molar-refractivity contribution in [3.8, 4) is 0 Å². The molecular formula is C6H14N2O2S2Zn. The van der Waals surface area contributed by atoms with Crippen molar-refractivity contribution in [3.05, 3.63) is 0 Å². The minimum absolute atomic E-state index is 0. The van der Waals surface area contributed by atoms with E-state index in [2.05, 4.69) is 49.8 Å². The molecule has 4 N–H and O–H groups in total. The SMILES string of the molecule is CCCC.NC([O-])=S.NC([O-])=S.[Zn+2]. The van der Waals surface area contributed by atoms with Gasteiger partial charge in [-0.25, -0.2) is 0 Å². The van der Waals surface area contributed by atoms with Crippen LogP contribution in [0.1, 0.15) is 26.7 Å². The summed E-state index contributed by atoms with van der Waals surface area (Å²) >= 11 is 7.52. The van der Waals surface area contributed by atoms with Crippen LogP contribution in [0.3, 0.4) is 0 Å². The van der Waals surface area contributed by atoms with E-state index in [1.807, 2.05) is 0 Å². The van der Waals surface area contributed by atoms with Crippen molar-refractivity contribution in [1.29, 1.82) is 0 Å². The standard InChI is InChI=1S/C4H10.2CH3NOS.Zn/c1-3-4-2;2*2-1(3)4;/h3-4H2,1-2H3;2*(H3,2,3,4);/q;;;+2/p-2. The van der Waals surface area contributed by atoms with Gasteiger partial charge in [-0.05, 0) is 0 Å². The molecule has 0 aromatic carbocycles. The zero-order valence-corrected chi connectivity index (χ0v) is 12.5. The fourth-order valence-electron chi connectivity index (χ4n) is 0. The van der Waals surface area contributed by atoms with Crippen LogP contribution in [-0.2, 0) is 19.5 Å². The van der Waals surface area contributed by atoms with Gasteiger partial charge in [0.15, 0.2) is 0 Å². The van der Waals surface area contributed by atoms with Crippen LogP contribution < -0.4 is 21.7 Å². The summed E-state index contributed by atoms with van der Waals surface area (Å²) in [6.07, 6.45) is 2.64. The van der Waals surface area contributed by atoms with Crippen molar-refractivity contribution in [1.82, 2.24) is 0 Å². The molecule has 0 heterocycles. The fraction of sp³-hybridized carbons (Fsp3) is 0.667. The Bertz CT molecular complexity index is 103. The van der Waals surface area contributed by atoms with Crippen molar-refractivity contribution in [2.24, 2.45) is 11.5 Å². The van der Waals surface area contributed by atoms with Crippen molar-refractivity contribution >= 4 is 34.8 Å². The van der Waals surface area contributed by atoms with Gasteiger partial charge >= 0.3 is 19.5 Å². The monoisotopic (exact) mass is 274 g/mol. The maximum absolute atomic E-state index is 9.04. The number of hydrogen-bond acceptors (Lipinski definition) is 4. The molecule has 0 saturated heterocycles. The quantitative estimate of drug-likeness (QED) is 0.470. The number of rotatable bonds is 1. The summed E-state index contributed by atoms with van der Waals surface area (Å²) in [6, 6.07) is 0. The Hall–Kier alpha value is 0.00338. The minimum Gasteiger partial charge on any atom is -0.852 e. The van der Waals surface area contributed by atoms with Crippen LogP contribution in [0.5, 0.6) is 0 Å². The van der Waals surface area contributed by atoms with Gasteiger partial charge in [-0.1, -0.05) is 51.1 Å². The maximum Gasteiger partial charge on any atom is 2.00 e. The minimum atomic E-state index is -0.750. The third-order valence-corrected chi connectivity index (χ3v) is 0.500. The molecule has 0 saturated carbocycles. The molecule has 0 aliphatic heterocycles. The van der Waals surface area contributed by atoms with Gasteiger partial charge in [0, 0.05) is 10.3 Å². The fourth-order valence-corrected chi connectivity index (χ4v) is 0. The summed E-state index contributed by atoms with van der Waals surface area (Å²) in [4.78, 5) is 0. The molecule has 0 fully saturated rings. The molecular weight excluding hydrogens is 262 g/mol. The van der Waals surface area contributed by atoms with Crippen LogP contribution in [0, 0.1) is 0 Å². The van der Waals surface area contributed by atoms with Crippen LogP contribution in [0.4, 0.5) is 0 Å². The van der Waals surface area contributed by atoms with Crippen LogP contribution in [0.2, 0.25) is 0 Å². The molecule has 0 aliphatic carbocycles. The molecule has 0 aromatic rings. The van der Waals surface area contributed by atoms with Crippen molar-refractivity contribution in [3.63, 3.8) is 0 Å². The van der Waals surface area contributed by atoms with Gasteiger partial charge in [0.25, 0.3) is 0 Å². The van der Waals surface area contributed by atoms with E-state index in [1.54, 1.807) is 0 Å². The summed E-state index contributed by atoms with van der Waals surface area (Å²) in [5.41, 5.74) is 8.57. The summed E-state index contributed by atoms with van der Waals surface area (Å²) in [7, 11) is 0. The van der Waals surface area contributed by atoms with Gasteiger partial charge in [-0.15, -0.1) is 0 Å². The van der Waals surface area contributed by atoms with Gasteiger partial charge < -0.3 is 21.7 Å². The summed E-state index contributed by atoms with van der Waals surface area (Å²) in [5.74, 6) is 0. The Morgan fingerprint density at radius 3 is 1.08 bits per heavy atom. The molecule has 0 unspecified atom stereocenters. The molecule has 0 bridgehead atoms. The second kappa shape index (κ2) is 22.7. The zero-order valence-electron chi connectivity index (χ0n) is 7.91. The molecule has 0 rings (SSSR count). The topological polar surface area (TPSA) is 98.2 Å². The van der Waals surface area contributed by atoms with E-state index in [0.717, 1.165) is 0 Å². The summed E-state index contributed by atoms with van der Waals surface area (Å²) in [6.45, 7) is 4.36. The number of hydrogen-bond donors (Lipinski definition) is 2. The van der Waals surface area contributed by atoms with Gasteiger partial charge in [-0.3, -0.25) is 0 Å². The Morgan fingerprint density at radius 2 is 1.08 bits per heavy atom. The number of nitrogens with two attached hydrogens (primary N) is 2. The zero-order chi connectivity index (χ0) is 10.6. The Morgan fingerprint density at radius 1 is 1.00 bits per heavy atom. The van der Waals surface area contributed by atoms with E-state index in [4.69, 9.17) is 10.2 Å². The van der Waals surface area contributed by atoms with Crippen LogP contribution in [0.25, 0.3) is 0 Å². The molecule has 0 spiro atoms. The van der Waals surface area contributed by atoms with E-state index < -0.39 is 10.3 Å². The van der Waals surface area contributed by atoms with Gasteiger partial charge in [0.2, 0.25) is 0 Å². The molecule has 7 heteroatoms. The van der Waals surface area contributed by atoms with E-state index in [1.165, 1.54) is 12.8 Å². The second-order valence-electron chi connectivity index (χ2n) is 1.64. The van der Waals surface area contributed by atoms with Crippen molar-refractivity contribution in [2.45, 2.75) is 26.7 Å². The third kappa shape index (κ3) is 1190. The van der Waals surface area contributed by atoms with Crippen LogP contribution in [-0.4, -0.2) is 10.3 Å². The number of unbranched alkanes of at least 4 members (excludes halogenated alkanes) is 1. The maximum atomic E-state index is 9.04. The predicted octanol–water partition coefficient (Wildman–Crippen LogP) is -1.02. The molecule has 4 nitrogen and oxygen atoms in total. The summed E-state index contributed by atoms with van der Waals surface area (Å²) < 4.78 is 0. The first-order chi connectivity index (χ1) is 5.38. The van der Waals surface area contributed by atoms with Crippen molar-refractivity contribution in [2.75, 3.05) is 0 Å². The Kier molecular flexibility index (Phi) is 40.3. The molecule has 13 heavy (non-hydrogen) atoms. The first-order valence-electron chi connectivity index (χ1n) is 3.31. The van der Waals surface area contributed by atoms with E-state index in [9.17, 15) is 0 Å². The van der Waals surface area contributed by atoms with Crippen LogP contribution >= 0.6 is 24.4 Å². The summed E-state index contributed by atoms with van der Waals surface area (Å²) in [5, 5.41) is 16.6. The molecule has 74 valence electrons. The normalized spacial score (nSPS) is 6.00. The Labute approximate surface area is 102 Å². The molecule has 0 radical (unpaired) electrons. The predicted molar refractivity (Wildman–Crippen MR) is 54.2 cm³/mol. The molecule has 0 atom stereocenters. The smallest absolute Gasteiger partial charge is 0.852 e. The molecule has 0 aromatic heterocycles. The van der Waals surface area contributed by atoms with Gasteiger partial charge in [-0.2, -0.15) is 0 Å². The van der Waals surface area contributed by atoms with Crippen molar-refractivity contribution < 1.29 is 29.7 Å². The first-order valence-corrected chi connectivity index (χ1v) is 4.12. The Balaban J connectivity index is -0.0000000450.